The molecule has 0 saturated carbocycles. The predicted molar refractivity (Wildman–Crippen MR) is 36.3 cm³/mol. The van der Waals surface area contributed by atoms with Crippen molar-refractivity contribution in [2.45, 2.75) is 20.4 Å². The lowest BCUT2D eigenvalue weighted by molar-refractivity contribution is 0.659. The molecule has 52 valence electrons. The molecule has 0 saturated heterocycles. The summed E-state index contributed by atoms with van der Waals surface area (Å²) in [5.74, 6) is 0. The van der Waals surface area contributed by atoms with E-state index in [9.17, 15) is 0 Å². The first-order valence-corrected chi connectivity index (χ1v) is 2.82. The van der Waals surface area contributed by atoms with Gasteiger partial charge in [-0.25, -0.2) is 0 Å². The van der Waals surface area contributed by atoms with Gasteiger partial charge in [0.25, 0.3) is 0 Å². The van der Waals surface area contributed by atoms with E-state index in [2.05, 4.69) is 12.0 Å². The number of hydrogen-bond donors (Lipinski definition) is 0. The van der Waals surface area contributed by atoms with Crippen LogP contribution < -0.4 is 0 Å². The van der Waals surface area contributed by atoms with Crippen molar-refractivity contribution >= 4 is 0 Å². The molecule has 0 bridgehead atoms. The summed E-state index contributed by atoms with van der Waals surface area (Å²) in [6.45, 7) is 5.08. The fraction of sp³-hybridized carbons (Fsp3) is 0.500. The largest absolute Gasteiger partial charge is 0.412 e. The van der Waals surface area contributed by atoms with Gasteiger partial charge in [0.2, 0.25) is 0 Å². The highest BCUT2D eigenvalue weighted by Crippen LogP contribution is 1.91. The number of aromatic nitrogens is 2. The Bertz CT molecular complexity index is 171. The fourth-order valence-electron chi connectivity index (χ4n) is 0.640. The van der Waals surface area contributed by atoms with Crippen molar-refractivity contribution in [3.8, 4) is 0 Å². The van der Waals surface area contributed by atoms with Gasteiger partial charge in [0.05, 0.1) is 6.20 Å². The Kier molecular flexibility index (Phi) is 2.95. The predicted octanol–water partition coefficient (Wildman–Crippen LogP) is 0.387. The van der Waals surface area contributed by atoms with Gasteiger partial charge in [-0.15, -0.1) is 0 Å². The molecule has 2 N–H and O–H groups in total. The van der Waals surface area contributed by atoms with Gasteiger partial charge in [-0.05, 0) is 19.4 Å². The van der Waals surface area contributed by atoms with E-state index in [1.165, 1.54) is 5.56 Å². The highest BCUT2D eigenvalue weighted by atomic mass is 16.0. The topological polar surface area (TPSA) is 49.3 Å². The van der Waals surface area contributed by atoms with Crippen LogP contribution in [0.4, 0.5) is 0 Å². The van der Waals surface area contributed by atoms with E-state index in [4.69, 9.17) is 0 Å². The lowest BCUT2D eigenvalue weighted by atomic mass is 10.4. The smallest absolute Gasteiger partial charge is 0.0518 e. The zero-order chi connectivity index (χ0) is 5.98. The maximum Gasteiger partial charge on any atom is 0.0518 e. The normalized spacial score (nSPS) is 8.67. The zero-order valence-electron chi connectivity index (χ0n) is 5.76. The van der Waals surface area contributed by atoms with Gasteiger partial charge in [-0.1, -0.05) is 0 Å². The molecule has 0 aliphatic heterocycles. The lowest BCUT2D eigenvalue weighted by Crippen LogP contribution is -1.91. The maximum absolute atomic E-state index is 4.05. The van der Waals surface area contributed by atoms with Crippen molar-refractivity contribution in [3.63, 3.8) is 0 Å². The number of nitrogens with zero attached hydrogens (tertiary/aromatic N) is 2. The third-order valence-electron chi connectivity index (χ3n) is 1.09. The second-order valence-electron chi connectivity index (χ2n) is 1.87. The highest BCUT2D eigenvalue weighted by Gasteiger charge is 1.86. The second-order valence-corrected chi connectivity index (χ2v) is 1.87. The molecule has 0 aromatic carbocycles. The minimum Gasteiger partial charge on any atom is -0.412 e. The van der Waals surface area contributed by atoms with E-state index in [1.54, 1.807) is 0 Å². The molecule has 0 aliphatic rings. The van der Waals surface area contributed by atoms with Crippen molar-refractivity contribution in [3.05, 3.63) is 18.0 Å². The number of aryl methyl sites for hydroxylation is 2. The summed E-state index contributed by atoms with van der Waals surface area (Å²) >= 11 is 0. The van der Waals surface area contributed by atoms with Crippen LogP contribution in [0.25, 0.3) is 0 Å². The van der Waals surface area contributed by atoms with Crippen LogP contribution >= 0.6 is 0 Å². The van der Waals surface area contributed by atoms with Crippen molar-refractivity contribution in [2.75, 3.05) is 0 Å². The molecule has 0 radical (unpaired) electrons. The minimum absolute atomic E-state index is 0. The van der Waals surface area contributed by atoms with Crippen molar-refractivity contribution in [1.29, 1.82) is 0 Å². The van der Waals surface area contributed by atoms with E-state index in [-0.39, 0.29) is 5.48 Å². The molecule has 0 spiro atoms. The van der Waals surface area contributed by atoms with Crippen molar-refractivity contribution < 1.29 is 5.48 Å². The van der Waals surface area contributed by atoms with Crippen LogP contribution in [0.1, 0.15) is 12.5 Å². The Morgan fingerprint density at radius 1 is 1.67 bits per heavy atom. The molecule has 0 fully saturated rings. The molecule has 3 heteroatoms. The van der Waals surface area contributed by atoms with Crippen molar-refractivity contribution in [2.24, 2.45) is 0 Å². The average molecular weight is 128 g/mol. The molecule has 1 heterocycles. The molecule has 3 nitrogen and oxygen atoms in total. The van der Waals surface area contributed by atoms with Crippen LogP contribution in [0.5, 0.6) is 0 Å². The van der Waals surface area contributed by atoms with Crippen LogP contribution in [-0.2, 0) is 6.54 Å². The highest BCUT2D eigenvalue weighted by molar-refractivity contribution is 4.98. The standard InChI is InChI=1S/C6H10N2.H2O/c1-3-8-5-6(2)4-7-8;/h4-5H,3H2,1-2H3;1H2. The third-order valence-corrected chi connectivity index (χ3v) is 1.09. The first-order valence-electron chi connectivity index (χ1n) is 2.82. The van der Waals surface area contributed by atoms with Crippen LogP contribution in [0.2, 0.25) is 0 Å². The minimum atomic E-state index is 0. The first-order chi connectivity index (χ1) is 3.83. The van der Waals surface area contributed by atoms with Gasteiger partial charge in [-0.2, -0.15) is 5.10 Å². The Balaban J connectivity index is 0.000000640. The summed E-state index contributed by atoms with van der Waals surface area (Å²) in [6, 6.07) is 0. The Morgan fingerprint density at radius 3 is 2.56 bits per heavy atom. The van der Waals surface area contributed by atoms with Crippen molar-refractivity contribution in [1.82, 2.24) is 9.78 Å². The van der Waals surface area contributed by atoms with Gasteiger partial charge in [-0.3, -0.25) is 4.68 Å². The van der Waals surface area contributed by atoms with E-state index in [0.717, 1.165) is 6.54 Å². The van der Waals surface area contributed by atoms with Crippen LogP contribution in [-0.4, -0.2) is 15.3 Å². The molecule has 1 aromatic heterocycles. The second kappa shape index (κ2) is 3.25. The molecule has 9 heavy (non-hydrogen) atoms. The zero-order valence-corrected chi connectivity index (χ0v) is 5.76. The summed E-state index contributed by atoms with van der Waals surface area (Å²) in [6.07, 6.45) is 3.89. The molecule has 0 unspecified atom stereocenters. The molecule has 1 rings (SSSR count). The van der Waals surface area contributed by atoms with Gasteiger partial charge >= 0.3 is 0 Å². The maximum atomic E-state index is 4.05. The molecular weight excluding hydrogens is 116 g/mol. The van der Waals surface area contributed by atoms with E-state index >= 15 is 0 Å². The first kappa shape index (κ1) is 8.17. The van der Waals surface area contributed by atoms with Crippen LogP contribution in [0.3, 0.4) is 0 Å². The number of hydrogen-bond acceptors (Lipinski definition) is 1. The summed E-state index contributed by atoms with van der Waals surface area (Å²) in [4.78, 5) is 0. The number of rotatable bonds is 1. The summed E-state index contributed by atoms with van der Waals surface area (Å²) < 4.78 is 1.91. The SMILES string of the molecule is CCn1cc(C)cn1.O. The fourth-order valence-corrected chi connectivity index (χ4v) is 0.640. The van der Waals surface area contributed by atoms with E-state index < -0.39 is 0 Å². The summed E-state index contributed by atoms with van der Waals surface area (Å²) in [7, 11) is 0. The molecule has 0 amide bonds. The third kappa shape index (κ3) is 1.85. The monoisotopic (exact) mass is 128 g/mol. The van der Waals surface area contributed by atoms with Gasteiger partial charge < -0.3 is 5.48 Å². The summed E-state index contributed by atoms with van der Waals surface area (Å²) in [5.41, 5.74) is 1.23. The quantitative estimate of drug-likeness (QED) is 0.539. The molecular formula is C6H12N2O. The molecule has 1 aromatic rings. The van der Waals surface area contributed by atoms with Gasteiger partial charge in [0, 0.05) is 12.7 Å². The Hall–Kier alpha value is -0.830. The molecule has 0 atom stereocenters. The van der Waals surface area contributed by atoms with Gasteiger partial charge in [0.1, 0.15) is 0 Å². The van der Waals surface area contributed by atoms with Crippen LogP contribution in [0.15, 0.2) is 12.4 Å². The van der Waals surface area contributed by atoms with E-state index in [1.807, 2.05) is 24.0 Å². The van der Waals surface area contributed by atoms with Crippen LogP contribution in [0, 0.1) is 6.92 Å². The lowest BCUT2D eigenvalue weighted by Gasteiger charge is -1.88. The van der Waals surface area contributed by atoms with E-state index in [0.29, 0.717) is 0 Å². The van der Waals surface area contributed by atoms with Gasteiger partial charge in [0.15, 0.2) is 0 Å². The Labute approximate surface area is 54.6 Å². The Morgan fingerprint density at radius 2 is 2.33 bits per heavy atom. The molecule has 0 aliphatic carbocycles. The summed E-state index contributed by atoms with van der Waals surface area (Å²) in [5, 5.41) is 4.05. The average Bonchev–Trinajstić information content (AvgIpc) is 2.14.